The van der Waals surface area contributed by atoms with E-state index in [0.717, 1.165) is 0 Å². The van der Waals surface area contributed by atoms with Crippen molar-refractivity contribution in [2.24, 2.45) is 0 Å². The fourth-order valence-corrected chi connectivity index (χ4v) is 4.95. The zero-order chi connectivity index (χ0) is 23.1. The second-order valence-electron chi connectivity index (χ2n) is 6.88. The van der Waals surface area contributed by atoms with Crippen LogP contribution in [0, 0.1) is 13.8 Å². The van der Waals surface area contributed by atoms with E-state index in [1.54, 1.807) is 19.9 Å². The van der Waals surface area contributed by atoms with Gasteiger partial charge in [0.2, 0.25) is 5.30 Å². The zero-order valence-electron chi connectivity index (χ0n) is 16.3. The van der Waals surface area contributed by atoms with Crippen molar-refractivity contribution in [1.82, 2.24) is 0 Å². The summed E-state index contributed by atoms with van der Waals surface area (Å²) in [4.78, 5) is 9.16. The molecule has 0 aliphatic heterocycles. The molecule has 162 valence electrons. The summed E-state index contributed by atoms with van der Waals surface area (Å²) < 4.78 is 77.6. The maximum absolute atomic E-state index is 12.1. The summed E-state index contributed by atoms with van der Waals surface area (Å²) in [6.07, 6.45) is 0. The molecule has 11 heteroatoms. The Bertz CT molecular complexity index is 1430. The Labute approximate surface area is 180 Å². The Balaban J connectivity index is 2.46. The number of benzene rings is 3. The van der Waals surface area contributed by atoms with E-state index in [9.17, 15) is 35.4 Å². The van der Waals surface area contributed by atoms with Gasteiger partial charge in [-0.3, -0.25) is 9.11 Å². The highest BCUT2D eigenvalue weighted by Gasteiger charge is 2.28. The van der Waals surface area contributed by atoms with Gasteiger partial charge < -0.3 is 0 Å². The Morgan fingerprint density at radius 3 is 1.68 bits per heavy atom. The first-order valence-electron chi connectivity index (χ1n) is 8.77. The molecule has 0 aliphatic carbocycles. The minimum absolute atomic E-state index is 0.000235. The molecule has 0 aliphatic rings. The van der Waals surface area contributed by atoms with Crippen LogP contribution in [0.3, 0.4) is 0 Å². The smallest absolute Gasteiger partial charge is 0.282 e. The van der Waals surface area contributed by atoms with Crippen LogP contribution in [0.15, 0.2) is 64.4 Å². The summed E-state index contributed by atoms with van der Waals surface area (Å²) in [6, 6.07) is 12.3. The summed E-state index contributed by atoms with van der Waals surface area (Å²) in [6.45, 7) is 3.36. The molecule has 3 aromatic carbocycles. The van der Waals surface area contributed by atoms with E-state index >= 15 is 0 Å². The van der Waals surface area contributed by atoms with Gasteiger partial charge in [-0.15, -0.1) is 0 Å². The molecule has 3 aromatic rings. The second kappa shape index (κ2) is 8.23. The van der Waals surface area contributed by atoms with Gasteiger partial charge in [-0.1, -0.05) is 24.3 Å². The van der Waals surface area contributed by atoms with Crippen molar-refractivity contribution in [2.75, 3.05) is 0 Å². The van der Waals surface area contributed by atoms with Crippen LogP contribution in [0.5, 0.6) is 0 Å². The Morgan fingerprint density at radius 1 is 0.710 bits per heavy atom. The normalized spacial score (nSPS) is 12.6. The summed E-state index contributed by atoms with van der Waals surface area (Å²) >= 11 is 0. The van der Waals surface area contributed by atoms with Gasteiger partial charge in [0, 0.05) is 5.56 Å². The molecule has 0 amide bonds. The van der Waals surface area contributed by atoms with E-state index in [0.29, 0.717) is 22.3 Å². The lowest BCUT2D eigenvalue weighted by Crippen LogP contribution is -2.07. The van der Waals surface area contributed by atoms with Crippen molar-refractivity contribution in [2.45, 2.75) is 23.6 Å². The average molecular weight is 481 g/mol. The molecule has 0 fully saturated rings. The van der Waals surface area contributed by atoms with Gasteiger partial charge in [-0.05, 0) is 76.6 Å². The van der Waals surface area contributed by atoms with Gasteiger partial charge in [0.1, 0.15) is 0 Å². The topological polar surface area (TPSA) is 146 Å². The monoisotopic (exact) mass is 481 g/mol. The molecule has 1 unspecified atom stereocenters. The van der Waals surface area contributed by atoms with Gasteiger partial charge in [0.15, 0.2) is 0 Å². The molecule has 0 bridgehead atoms. The molecular weight excluding hydrogens is 463 g/mol. The van der Waals surface area contributed by atoms with Gasteiger partial charge >= 0.3 is 8.03 Å². The average Bonchev–Trinajstić information content (AvgIpc) is 2.66. The van der Waals surface area contributed by atoms with Crippen molar-refractivity contribution in [3.05, 3.63) is 65.7 Å². The predicted molar refractivity (Wildman–Crippen MR) is 116 cm³/mol. The van der Waals surface area contributed by atoms with E-state index in [-0.39, 0.29) is 21.3 Å². The maximum atomic E-state index is 12.1. The van der Waals surface area contributed by atoms with Crippen LogP contribution in [0.1, 0.15) is 11.1 Å². The van der Waals surface area contributed by atoms with Crippen molar-refractivity contribution in [3.8, 4) is 22.3 Å². The van der Waals surface area contributed by atoms with Crippen LogP contribution in [0.4, 0.5) is 0 Å². The number of hydrogen-bond donors (Lipinski definition) is 3. The van der Waals surface area contributed by atoms with Gasteiger partial charge in [0.05, 0.1) is 9.79 Å². The van der Waals surface area contributed by atoms with Crippen molar-refractivity contribution < 1.29 is 35.4 Å². The number of rotatable bonds is 5. The second-order valence-corrected chi connectivity index (χ2v) is 10.7. The minimum Gasteiger partial charge on any atom is -0.282 e. The van der Waals surface area contributed by atoms with Crippen molar-refractivity contribution >= 4 is 33.6 Å². The predicted octanol–water partition coefficient (Wildman–Crippen LogP) is 3.49. The largest absolute Gasteiger partial charge is 0.546 e. The lowest BCUT2D eigenvalue weighted by Gasteiger charge is -2.15. The van der Waals surface area contributed by atoms with Crippen LogP contribution in [0.25, 0.3) is 22.3 Å². The maximum Gasteiger partial charge on any atom is 0.546 e. The lowest BCUT2D eigenvalue weighted by molar-refractivity contribution is 0.481. The minimum atomic E-state index is -4.54. The first kappa shape index (κ1) is 23.2. The molecule has 0 saturated carbocycles. The van der Waals surface area contributed by atoms with Crippen molar-refractivity contribution in [1.29, 1.82) is 0 Å². The van der Waals surface area contributed by atoms with E-state index in [1.165, 1.54) is 48.5 Å². The third-order valence-electron chi connectivity index (χ3n) is 4.82. The molecule has 31 heavy (non-hydrogen) atoms. The van der Waals surface area contributed by atoms with Gasteiger partial charge in [-0.2, -0.15) is 21.7 Å². The fourth-order valence-electron chi connectivity index (χ4n) is 3.29. The van der Waals surface area contributed by atoms with Crippen LogP contribution < -0.4 is 5.30 Å². The summed E-state index contributed by atoms with van der Waals surface area (Å²) in [5.41, 5.74) is 2.37. The highest BCUT2D eigenvalue weighted by Crippen LogP contribution is 2.39. The third kappa shape index (κ3) is 4.74. The molecule has 8 nitrogen and oxygen atoms in total. The first-order valence-corrected chi connectivity index (χ1v) is 12.9. The van der Waals surface area contributed by atoms with Crippen LogP contribution in [-0.4, -0.2) is 30.8 Å². The standard InChI is InChI=1S/C20H17O8PS2/c1-12-6-8-14(30(23,24)25)10-17(12)16-4-3-5-19(29(21)22)20(16)18-11-15(31(26,27)28)9-7-13(18)2/h3-11H,1-2H3,(H2-,21,22,23,24,25,26,27,28)/p+1. The Kier molecular flexibility index (Phi) is 6.16. The third-order valence-corrected chi connectivity index (χ3v) is 7.31. The molecule has 1 atom stereocenters. The van der Waals surface area contributed by atoms with E-state index in [4.69, 9.17) is 0 Å². The van der Waals surface area contributed by atoms with Gasteiger partial charge in [0.25, 0.3) is 20.2 Å². The van der Waals surface area contributed by atoms with Crippen LogP contribution in [0.2, 0.25) is 0 Å². The molecule has 0 aromatic heterocycles. The highest BCUT2D eigenvalue weighted by atomic mass is 32.2. The van der Waals surface area contributed by atoms with E-state index < -0.39 is 33.2 Å². The summed E-state index contributed by atoms with van der Waals surface area (Å²) in [5, 5.41) is -0.000235. The molecule has 3 N–H and O–H groups in total. The quantitative estimate of drug-likeness (QED) is 0.371. The molecular formula is C20H18O8PS2+. The first-order chi connectivity index (χ1) is 14.3. The molecule has 0 heterocycles. The molecule has 0 radical (unpaired) electrons. The van der Waals surface area contributed by atoms with Gasteiger partial charge in [-0.25, -0.2) is 0 Å². The summed E-state index contributed by atoms with van der Waals surface area (Å²) in [7, 11) is -11.9. The number of aryl methyl sites for hydroxylation is 2. The van der Waals surface area contributed by atoms with E-state index in [1.807, 2.05) is 0 Å². The molecule has 0 spiro atoms. The Morgan fingerprint density at radius 2 is 1.19 bits per heavy atom. The molecule has 0 saturated heterocycles. The summed E-state index contributed by atoms with van der Waals surface area (Å²) in [5.74, 6) is 0. The van der Waals surface area contributed by atoms with Crippen molar-refractivity contribution in [3.63, 3.8) is 0 Å². The Hall–Kier alpha value is -2.46. The van der Waals surface area contributed by atoms with Crippen LogP contribution in [-0.2, 0) is 24.8 Å². The molecule has 3 rings (SSSR count). The lowest BCUT2D eigenvalue weighted by atomic mass is 9.90. The SMILES string of the molecule is Cc1ccc(S(=O)(=O)O)cc1-c1cccc([P+](=O)O)c1-c1cc(S(=O)(=O)O)ccc1C. The zero-order valence-corrected chi connectivity index (χ0v) is 18.9. The van der Waals surface area contributed by atoms with E-state index in [2.05, 4.69) is 0 Å². The highest BCUT2D eigenvalue weighted by molar-refractivity contribution is 7.86. The van der Waals surface area contributed by atoms with Crippen LogP contribution >= 0.6 is 8.03 Å². The fraction of sp³-hybridized carbons (Fsp3) is 0.100. The number of hydrogen-bond acceptors (Lipinski definition) is 5.